The van der Waals surface area contributed by atoms with Gasteiger partial charge in [0.25, 0.3) is 0 Å². The van der Waals surface area contributed by atoms with Crippen LogP contribution in [0.4, 0.5) is 0 Å². The maximum Gasteiger partial charge on any atom is 0.352 e. The lowest BCUT2D eigenvalue weighted by Crippen LogP contribution is -2.16. The fourth-order valence-electron chi connectivity index (χ4n) is 2.67. The average Bonchev–Trinajstić information content (AvgIpc) is 3.12. The Balaban J connectivity index is 2.01. The van der Waals surface area contributed by atoms with E-state index in [1.807, 2.05) is 37.2 Å². The zero-order chi connectivity index (χ0) is 16.4. The van der Waals surface area contributed by atoms with Crippen LogP contribution in [-0.2, 0) is 13.0 Å². The quantitative estimate of drug-likeness (QED) is 0.722. The van der Waals surface area contributed by atoms with Crippen molar-refractivity contribution in [2.24, 2.45) is 0 Å². The van der Waals surface area contributed by atoms with Gasteiger partial charge in [0, 0.05) is 17.4 Å². The first-order valence-electron chi connectivity index (χ1n) is 7.38. The van der Waals surface area contributed by atoms with E-state index in [4.69, 9.17) is 0 Å². The van der Waals surface area contributed by atoms with Crippen LogP contribution >= 0.6 is 0 Å². The molecule has 0 radical (unpaired) electrons. The van der Waals surface area contributed by atoms with Crippen molar-refractivity contribution in [1.82, 2.24) is 24.6 Å². The van der Waals surface area contributed by atoms with Crippen LogP contribution < -0.4 is 0 Å². The minimum Gasteiger partial charge on any atom is -0.477 e. The van der Waals surface area contributed by atoms with E-state index < -0.39 is 5.97 Å². The molecule has 7 heteroatoms. The Bertz CT molecular complexity index is 820. The second-order valence-corrected chi connectivity index (χ2v) is 5.81. The van der Waals surface area contributed by atoms with E-state index in [1.165, 1.54) is 6.33 Å². The number of fused-ring (bicyclic) bond motifs is 1. The molecular weight excluding hydrogens is 294 g/mol. The van der Waals surface area contributed by atoms with Gasteiger partial charge in [-0.05, 0) is 43.8 Å². The number of carboxylic acid groups (broad SMARTS) is 1. The van der Waals surface area contributed by atoms with Gasteiger partial charge in [0.15, 0.2) is 0 Å². The van der Waals surface area contributed by atoms with Gasteiger partial charge in [-0.15, -0.1) is 0 Å². The van der Waals surface area contributed by atoms with Gasteiger partial charge >= 0.3 is 5.97 Å². The first kappa shape index (κ1) is 15.2. The molecule has 0 aliphatic rings. The second kappa shape index (κ2) is 6.21. The lowest BCUT2D eigenvalue weighted by molar-refractivity contribution is 0.0690. The number of nitrogens with zero attached hydrogens (tertiary/aromatic N) is 4. The summed E-state index contributed by atoms with van der Waals surface area (Å²) in [5.41, 5.74) is 3.03. The van der Waals surface area contributed by atoms with Crippen LogP contribution in [0.15, 0.2) is 30.9 Å². The molecule has 7 nitrogen and oxygen atoms in total. The van der Waals surface area contributed by atoms with E-state index >= 15 is 0 Å². The highest BCUT2D eigenvalue weighted by molar-refractivity contribution is 5.97. The Morgan fingerprint density at radius 3 is 2.87 bits per heavy atom. The summed E-state index contributed by atoms with van der Waals surface area (Å²) in [5.74, 6) is -0.923. The number of aromatic amines is 1. The van der Waals surface area contributed by atoms with E-state index in [9.17, 15) is 9.90 Å². The third kappa shape index (κ3) is 3.24. The zero-order valence-corrected chi connectivity index (χ0v) is 13.2. The summed E-state index contributed by atoms with van der Waals surface area (Å²) < 4.78 is 1.74. The number of benzene rings is 1. The molecule has 0 bridgehead atoms. The third-order valence-corrected chi connectivity index (χ3v) is 3.80. The van der Waals surface area contributed by atoms with Gasteiger partial charge in [0.2, 0.25) is 0 Å². The van der Waals surface area contributed by atoms with Gasteiger partial charge in [0.1, 0.15) is 18.3 Å². The molecule has 23 heavy (non-hydrogen) atoms. The standard InChI is InChI=1S/C16H19N5O2/c1-20(2)6-5-12-13-7-11(8-21-10-17-9-18-21)3-4-14(13)19-15(12)16(22)23/h3-4,7,9-10,19H,5-6,8H2,1-2H3,(H,22,23). The number of rotatable bonds is 6. The molecule has 3 rings (SSSR count). The van der Waals surface area contributed by atoms with Crippen molar-refractivity contribution < 1.29 is 9.90 Å². The highest BCUT2D eigenvalue weighted by Crippen LogP contribution is 2.25. The summed E-state index contributed by atoms with van der Waals surface area (Å²) in [7, 11) is 3.96. The maximum absolute atomic E-state index is 11.5. The van der Waals surface area contributed by atoms with Gasteiger partial charge in [0.05, 0.1) is 6.54 Å². The Labute approximate surface area is 133 Å². The number of aromatic nitrogens is 4. The molecule has 0 amide bonds. The topological polar surface area (TPSA) is 87.0 Å². The van der Waals surface area contributed by atoms with Crippen molar-refractivity contribution in [3.8, 4) is 0 Å². The zero-order valence-electron chi connectivity index (χ0n) is 13.2. The molecular formula is C16H19N5O2. The van der Waals surface area contributed by atoms with Crippen molar-refractivity contribution in [3.63, 3.8) is 0 Å². The molecule has 120 valence electrons. The second-order valence-electron chi connectivity index (χ2n) is 5.81. The summed E-state index contributed by atoms with van der Waals surface area (Å²) in [6.45, 7) is 1.40. The van der Waals surface area contributed by atoms with Crippen LogP contribution in [0.3, 0.4) is 0 Å². The van der Waals surface area contributed by atoms with Crippen molar-refractivity contribution in [2.45, 2.75) is 13.0 Å². The lowest BCUT2D eigenvalue weighted by Gasteiger charge is -2.09. The van der Waals surface area contributed by atoms with Crippen LogP contribution in [-0.4, -0.2) is 56.4 Å². The normalized spacial score (nSPS) is 11.4. The predicted octanol–water partition coefficient (Wildman–Crippen LogP) is 1.61. The maximum atomic E-state index is 11.5. The van der Waals surface area contributed by atoms with E-state index in [0.29, 0.717) is 13.0 Å². The summed E-state index contributed by atoms with van der Waals surface area (Å²) in [4.78, 5) is 20.5. The highest BCUT2D eigenvalue weighted by Gasteiger charge is 2.17. The SMILES string of the molecule is CN(C)CCc1c(C(=O)O)[nH]c2ccc(Cn3cncn3)cc12. The Kier molecular flexibility index (Phi) is 4.12. The molecule has 0 fully saturated rings. The van der Waals surface area contributed by atoms with Gasteiger partial charge < -0.3 is 15.0 Å². The Hall–Kier alpha value is -2.67. The molecule has 0 saturated carbocycles. The molecule has 0 aliphatic heterocycles. The Morgan fingerprint density at radius 2 is 2.22 bits per heavy atom. The van der Waals surface area contributed by atoms with Gasteiger partial charge in [-0.2, -0.15) is 5.10 Å². The van der Waals surface area contributed by atoms with Crippen LogP contribution in [0.1, 0.15) is 21.6 Å². The molecule has 2 heterocycles. The highest BCUT2D eigenvalue weighted by atomic mass is 16.4. The molecule has 0 atom stereocenters. The minimum atomic E-state index is -0.923. The van der Waals surface area contributed by atoms with Crippen molar-refractivity contribution >= 4 is 16.9 Å². The number of hydrogen-bond donors (Lipinski definition) is 2. The van der Waals surface area contributed by atoms with Gasteiger partial charge in [-0.1, -0.05) is 6.07 Å². The largest absolute Gasteiger partial charge is 0.477 e. The number of aromatic carboxylic acids is 1. The molecule has 0 spiro atoms. The summed E-state index contributed by atoms with van der Waals surface area (Å²) >= 11 is 0. The molecule has 2 N–H and O–H groups in total. The lowest BCUT2D eigenvalue weighted by atomic mass is 10.0. The molecule has 0 aliphatic carbocycles. The molecule has 1 aromatic carbocycles. The number of hydrogen-bond acceptors (Lipinski definition) is 4. The smallest absolute Gasteiger partial charge is 0.352 e. The van der Waals surface area contributed by atoms with Crippen molar-refractivity contribution in [3.05, 3.63) is 47.7 Å². The number of carboxylic acids is 1. The molecule has 2 aromatic heterocycles. The average molecular weight is 313 g/mol. The number of H-pyrrole nitrogens is 1. The van der Waals surface area contributed by atoms with Crippen LogP contribution in [0, 0.1) is 0 Å². The third-order valence-electron chi connectivity index (χ3n) is 3.80. The van der Waals surface area contributed by atoms with Crippen LogP contribution in [0.25, 0.3) is 10.9 Å². The summed E-state index contributed by atoms with van der Waals surface area (Å²) in [6, 6.07) is 5.93. The Morgan fingerprint density at radius 1 is 1.39 bits per heavy atom. The fraction of sp³-hybridized carbons (Fsp3) is 0.312. The van der Waals surface area contributed by atoms with Crippen molar-refractivity contribution in [1.29, 1.82) is 0 Å². The fourth-order valence-corrected chi connectivity index (χ4v) is 2.67. The van der Waals surface area contributed by atoms with E-state index in [1.54, 1.807) is 11.0 Å². The van der Waals surface area contributed by atoms with Crippen LogP contribution in [0.5, 0.6) is 0 Å². The van der Waals surface area contributed by atoms with Gasteiger partial charge in [-0.25, -0.2) is 14.5 Å². The number of nitrogens with one attached hydrogen (secondary N) is 1. The molecule has 0 saturated heterocycles. The number of likely N-dealkylation sites (N-methyl/N-ethyl adjacent to an activating group) is 1. The predicted molar refractivity (Wildman–Crippen MR) is 86.6 cm³/mol. The summed E-state index contributed by atoms with van der Waals surface area (Å²) in [5, 5.41) is 14.5. The molecule has 3 aromatic rings. The van der Waals surface area contributed by atoms with E-state index in [0.717, 1.165) is 28.6 Å². The van der Waals surface area contributed by atoms with Gasteiger partial charge in [-0.3, -0.25) is 0 Å². The number of carbonyl (C=O) groups is 1. The molecule has 0 unspecified atom stereocenters. The monoisotopic (exact) mass is 313 g/mol. The van der Waals surface area contributed by atoms with Crippen LogP contribution in [0.2, 0.25) is 0 Å². The van der Waals surface area contributed by atoms with E-state index in [2.05, 4.69) is 15.1 Å². The minimum absolute atomic E-state index is 0.278. The van der Waals surface area contributed by atoms with Crippen molar-refractivity contribution in [2.75, 3.05) is 20.6 Å². The first-order valence-corrected chi connectivity index (χ1v) is 7.38. The first-order chi connectivity index (χ1) is 11.0. The van der Waals surface area contributed by atoms with E-state index in [-0.39, 0.29) is 5.69 Å². The summed E-state index contributed by atoms with van der Waals surface area (Å²) in [6.07, 6.45) is 3.85.